The lowest BCUT2D eigenvalue weighted by Gasteiger charge is -2.33. The first-order valence-electron chi connectivity index (χ1n) is 7.68. The van der Waals surface area contributed by atoms with Gasteiger partial charge < -0.3 is 9.32 Å². The average molecular weight is 314 g/mol. The fourth-order valence-electron chi connectivity index (χ4n) is 2.60. The van der Waals surface area contributed by atoms with Gasteiger partial charge in [-0.05, 0) is 35.9 Å². The fraction of sp³-hybridized carbons (Fsp3) is 0.278. The van der Waals surface area contributed by atoms with Gasteiger partial charge in [-0.25, -0.2) is 4.39 Å². The maximum atomic E-state index is 12.8. The highest BCUT2D eigenvalue weighted by atomic mass is 19.1. The van der Waals surface area contributed by atoms with Gasteiger partial charge in [0.05, 0.1) is 12.8 Å². The second kappa shape index (κ2) is 7.24. The molecule has 2 heterocycles. The van der Waals surface area contributed by atoms with Gasteiger partial charge in [-0.15, -0.1) is 0 Å². The van der Waals surface area contributed by atoms with E-state index in [4.69, 9.17) is 4.42 Å². The summed E-state index contributed by atoms with van der Waals surface area (Å²) >= 11 is 0. The maximum absolute atomic E-state index is 12.8. The summed E-state index contributed by atoms with van der Waals surface area (Å²) in [5.74, 6) is 0.661. The molecule has 0 N–H and O–H groups in total. The number of benzene rings is 1. The summed E-state index contributed by atoms with van der Waals surface area (Å²) in [6.07, 6.45) is 4.95. The number of halogens is 1. The van der Waals surface area contributed by atoms with Crippen LogP contribution in [-0.2, 0) is 11.3 Å². The molecule has 1 saturated heterocycles. The third-order valence-corrected chi connectivity index (χ3v) is 3.93. The lowest BCUT2D eigenvalue weighted by molar-refractivity contribution is -0.127. The van der Waals surface area contributed by atoms with Crippen LogP contribution in [0.15, 0.2) is 53.2 Å². The Labute approximate surface area is 134 Å². The average Bonchev–Trinajstić information content (AvgIpc) is 3.08. The Kier molecular flexibility index (Phi) is 4.88. The van der Waals surface area contributed by atoms with Gasteiger partial charge in [-0.3, -0.25) is 9.69 Å². The van der Waals surface area contributed by atoms with Crippen LogP contribution in [0.25, 0.3) is 6.08 Å². The second-order valence-electron chi connectivity index (χ2n) is 5.57. The van der Waals surface area contributed by atoms with Crippen molar-refractivity contribution in [1.82, 2.24) is 9.80 Å². The fourth-order valence-corrected chi connectivity index (χ4v) is 2.60. The molecule has 2 aromatic rings. The third-order valence-electron chi connectivity index (χ3n) is 3.93. The summed E-state index contributed by atoms with van der Waals surface area (Å²) in [6.45, 7) is 3.84. The Bertz CT molecular complexity index is 657. The summed E-state index contributed by atoms with van der Waals surface area (Å²) < 4.78 is 18.2. The molecule has 1 amide bonds. The number of hydrogen-bond donors (Lipinski definition) is 0. The molecule has 1 aliphatic rings. The second-order valence-corrected chi connectivity index (χ2v) is 5.57. The Morgan fingerprint density at radius 1 is 1.13 bits per heavy atom. The molecule has 0 saturated carbocycles. The van der Waals surface area contributed by atoms with Crippen LogP contribution < -0.4 is 0 Å². The number of rotatable bonds is 4. The summed E-state index contributed by atoms with van der Waals surface area (Å²) in [5.41, 5.74) is 0.816. The van der Waals surface area contributed by atoms with Gasteiger partial charge >= 0.3 is 0 Å². The highest BCUT2D eigenvalue weighted by Gasteiger charge is 2.20. The lowest BCUT2D eigenvalue weighted by Crippen LogP contribution is -2.47. The first kappa shape index (κ1) is 15.5. The maximum Gasteiger partial charge on any atom is 0.246 e. The van der Waals surface area contributed by atoms with Gasteiger partial charge in [0.1, 0.15) is 11.6 Å². The largest absolute Gasteiger partial charge is 0.468 e. The smallest absolute Gasteiger partial charge is 0.246 e. The van der Waals surface area contributed by atoms with Crippen LogP contribution in [0.3, 0.4) is 0 Å². The molecule has 23 heavy (non-hydrogen) atoms. The molecule has 0 unspecified atom stereocenters. The molecule has 1 aromatic heterocycles. The SMILES string of the molecule is O=C(/C=C/c1ccc(F)cc1)N1CCN(Cc2ccco2)CC1. The Morgan fingerprint density at radius 3 is 2.52 bits per heavy atom. The molecule has 0 bridgehead atoms. The van der Waals surface area contributed by atoms with E-state index in [-0.39, 0.29) is 11.7 Å². The molecule has 1 aliphatic heterocycles. The van der Waals surface area contributed by atoms with E-state index in [1.807, 2.05) is 17.0 Å². The van der Waals surface area contributed by atoms with Gasteiger partial charge in [0, 0.05) is 32.3 Å². The standard InChI is InChI=1S/C18H19FN2O2/c19-16-6-3-15(4-7-16)5-8-18(22)21-11-9-20(10-12-21)14-17-2-1-13-23-17/h1-8,13H,9-12,14H2/b8-5+. The minimum Gasteiger partial charge on any atom is -0.468 e. The molecular weight excluding hydrogens is 295 g/mol. The molecule has 120 valence electrons. The molecule has 1 fully saturated rings. The van der Waals surface area contributed by atoms with E-state index in [0.29, 0.717) is 13.1 Å². The first-order valence-corrected chi connectivity index (χ1v) is 7.68. The number of nitrogens with zero attached hydrogens (tertiary/aromatic N) is 2. The van der Waals surface area contributed by atoms with E-state index in [1.165, 1.54) is 12.1 Å². The number of carbonyl (C=O) groups excluding carboxylic acids is 1. The zero-order valence-electron chi connectivity index (χ0n) is 12.8. The molecule has 0 radical (unpaired) electrons. The van der Waals surface area contributed by atoms with Crippen molar-refractivity contribution < 1.29 is 13.6 Å². The summed E-state index contributed by atoms with van der Waals surface area (Å²) in [5, 5.41) is 0. The predicted octanol–water partition coefficient (Wildman–Crippen LogP) is 2.78. The molecular formula is C18H19FN2O2. The van der Waals surface area contributed by atoms with Crippen molar-refractivity contribution in [2.75, 3.05) is 26.2 Å². The summed E-state index contributed by atoms with van der Waals surface area (Å²) in [7, 11) is 0. The Hall–Kier alpha value is -2.40. The molecule has 0 spiro atoms. The van der Waals surface area contributed by atoms with Crippen molar-refractivity contribution >= 4 is 12.0 Å². The van der Waals surface area contributed by atoms with Crippen molar-refractivity contribution in [2.45, 2.75) is 6.54 Å². The van der Waals surface area contributed by atoms with E-state index in [2.05, 4.69) is 4.90 Å². The van der Waals surface area contributed by atoms with Crippen LogP contribution in [0.1, 0.15) is 11.3 Å². The van der Waals surface area contributed by atoms with E-state index < -0.39 is 0 Å². The minimum atomic E-state index is -0.277. The van der Waals surface area contributed by atoms with E-state index in [1.54, 1.807) is 30.5 Å². The number of furan rings is 1. The van der Waals surface area contributed by atoms with Crippen molar-refractivity contribution in [2.24, 2.45) is 0 Å². The zero-order chi connectivity index (χ0) is 16.1. The van der Waals surface area contributed by atoms with Crippen LogP contribution in [0.2, 0.25) is 0 Å². The number of carbonyl (C=O) groups is 1. The van der Waals surface area contributed by atoms with Gasteiger partial charge in [-0.1, -0.05) is 12.1 Å². The van der Waals surface area contributed by atoms with Crippen LogP contribution in [0.4, 0.5) is 4.39 Å². The molecule has 0 aliphatic carbocycles. The van der Waals surface area contributed by atoms with E-state index in [9.17, 15) is 9.18 Å². The van der Waals surface area contributed by atoms with Gasteiger partial charge in [0.25, 0.3) is 0 Å². The predicted molar refractivity (Wildman–Crippen MR) is 86.0 cm³/mol. The quantitative estimate of drug-likeness (QED) is 0.814. The Balaban J connectivity index is 1.49. The topological polar surface area (TPSA) is 36.7 Å². The lowest BCUT2D eigenvalue weighted by atomic mass is 10.2. The number of hydrogen-bond acceptors (Lipinski definition) is 3. The highest BCUT2D eigenvalue weighted by Crippen LogP contribution is 2.10. The molecule has 1 aromatic carbocycles. The van der Waals surface area contributed by atoms with Crippen LogP contribution in [0, 0.1) is 5.82 Å². The van der Waals surface area contributed by atoms with Crippen molar-refractivity contribution in [3.63, 3.8) is 0 Å². The summed E-state index contributed by atoms with van der Waals surface area (Å²) in [4.78, 5) is 16.3. The molecule has 3 rings (SSSR count). The van der Waals surface area contributed by atoms with E-state index in [0.717, 1.165) is 31.0 Å². The Morgan fingerprint density at radius 2 is 1.87 bits per heavy atom. The monoisotopic (exact) mass is 314 g/mol. The van der Waals surface area contributed by atoms with Crippen LogP contribution in [0.5, 0.6) is 0 Å². The van der Waals surface area contributed by atoms with Crippen LogP contribution >= 0.6 is 0 Å². The number of amides is 1. The van der Waals surface area contributed by atoms with Gasteiger partial charge in [-0.2, -0.15) is 0 Å². The van der Waals surface area contributed by atoms with Gasteiger partial charge in [0.2, 0.25) is 5.91 Å². The molecule has 0 atom stereocenters. The van der Waals surface area contributed by atoms with Gasteiger partial charge in [0.15, 0.2) is 0 Å². The first-order chi connectivity index (χ1) is 11.2. The van der Waals surface area contributed by atoms with Crippen molar-refractivity contribution in [1.29, 1.82) is 0 Å². The minimum absolute atomic E-state index is 0.00743. The third kappa shape index (κ3) is 4.29. The molecule has 4 nitrogen and oxygen atoms in total. The molecule has 5 heteroatoms. The van der Waals surface area contributed by atoms with E-state index >= 15 is 0 Å². The van der Waals surface area contributed by atoms with Crippen molar-refractivity contribution in [3.8, 4) is 0 Å². The zero-order valence-corrected chi connectivity index (χ0v) is 12.8. The van der Waals surface area contributed by atoms with Crippen molar-refractivity contribution in [3.05, 3.63) is 65.9 Å². The normalized spacial score (nSPS) is 16.1. The highest BCUT2D eigenvalue weighted by molar-refractivity contribution is 5.91. The van der Waals surface area contributed by atoms with Crippen LogP contribution in [-0.4, -0.2) is 41.9 Å². The number of piperazine rings is 1. The summed E-state index contributed by atoms with van der Waals surface area (Å²) in [6, 6.07) is 9.92.